The third-order valence-corrected chi connectivity index (χ3v) is 3.97. The van der Waals surface area contributed by atoms with Crippen molar-refractivity contribution >= 4 is 11.6 Å². The predicted molar refractivity (Wildman–Crippen MR) is 76.0 cm³/mol. The van der Waals surface area contributed by atoms with Crippen LogP contribution in [-0.4, -0.2) is 34.6 Å². The van der Waals surface area contributed by atoms with Crippen LogP contribution in [-0.2, 0) is 0 Å². The first-order valence-electron chi connectivity index (χ1n) is 7.10. The van der Waals surface area contributed by atoms with Gasteiger partial charge >= 0.3 is 0 Å². The first-order valence-corrected chi connectivity index (χ1v) is 7.10. The van der Waals surface area contributed by atoms with Crippen molar-refractivity contribution in [1.82, 2.24) is 15.1 Å². The summed E-state index contributed by atoms with van der Waals surface area (Å²) in [6, 6.07) is 0. The lowest BCUT2D eigenvalue weighted by Crippen LogP contribution is -2.31. The maximum Gasteiger partial charge on any atom is 0.276 e. The normalized spacial score (nSPS) is 16.2. The smallest absolute Gasteiger partial charge is 0.276 e. The van der Waals surface area contributed by atoms with Gasteiger partial charge in [-0.1, -0.05) is 26.7 Å². The number of nitrogens with one attached hydrogen (secondary N) is 1. The highest BCUT2D eigenvalue weighted by atomic mass is 16.2. The van der Waals surface area contributed by atoms with E-state index in [4.69, 9.17) is 5.73 Å². The van der Waals surface area contributed by atoms with Gasteiger partial charge < -0.3 is 10.6 Å². The van der Waals surface area contributed by atoms with Crippen molar-refractivity contribution < 1.29 is 4.79 Å². The van der Waals surface area contributed by atoms with Gasteiger partial charge in [-0.15, -0.1) is 0 Å². The number of amides is 1. The second-order valence-corrected chi connectivity index (χ2v) is 5.89. The van der Waals surface area contributed by atoms with E-state index in [0.29, 0.717) is 17.3 Å². The molecule has 1 aromatic heterocycles. The number of nitrogen functional groups attached to an aromatic ring is 1. The second kappa shape index (κ2) is 5.63. The molecule has 0 saturated heterocycles. The van der Waals surface area contributed by atoms with E-state index in [-0.39, 0.29) is 11.8 Å². The van der Waals surface area contributed by atoms with Crippen molar-refractivity contribution in [3.05, 3.63) is 11.4 Å². The van der Waals surface area contributed by atoms with E-state index in [9.17, 15) is 4.79 Å². The molecule has 5 heteroatoms. The van der Waals surface area contributed by atoms with Crippen molar-refractivity contribution in [2.24, 2.45) is 5.92 Å². The number of nitrogens with zero attached hydrogens (tertiary/aromatic N) is 2. The van der Waals surface area contributed by atoms with Gasteiger partial charge in [0.1, 0.15) is 0 Å². The quantitative estimate of drug-likeness (QED) is 0.876. The molecule has 1 heterocycles. The summed E-state index contributed by atoms with van der Waals surface area (Å²) in [5.74, 6) is 0.806. The third kappa shape index (κ3) is 2.91. The third-order valence-electron chi connectivity index (χ3n) is 3.97. The van der Waals surface area contributed by atoms with Gasteiger partial charge in [0.25, 0.3) is 5.91 Å². The Morgan fingerprint density at radius 2 is 2.11 bits per heavy atom. The number of H-pyrrole nitrogens is 1. The molecular weight excluding hydrogens is 240 g/mol. The number of nitrogens with two attached hydrogens (primary N) is 1. The summed E-state index contributed by atoms with van der Waals surface area (Å²) in [4.78, 5) is 14.1. The first kappa shape index (κ1) is 13.9. The van der Waals surface area contributed by atoms with Gasteiger partial charge in [-0.2, -0.15) is 5.10 Å². The van der Waals surface area contributed by atoms with Crippen LogP contribution in [0.5, 0.6) is 0 Å². The Bertz CT molecular complexity index is 446. The highest BCUT2D eigenvalue weighted by Gasteiger charge is 2.24. The lowest BCUT2D eigenvalue weighted by molar-refractivity contribution is 0.0768. The Labute approximate surface area is 114 Å². The molecule has 106 valence electrons. The monoisotopic (exact) mass is 264 g/mol. The SMILES string of the molecule is CC(C)c1[nH]nc(C(=O)N(C)CC2CCCC2)c1N. The van der Waals surface area contributed by atoms with Gasteiger partial charge in [0.15, 0.2) is 5.69 Å². The molecule has 1 aliphatic rings. The molecule has 5 nitrogen and oxygen atoms in total. The number of aromatic amines is 1. The van der Waals surface area contributed by atoms with Gasteiger partial charge in [-0.05, 0) is 24.7 Å². The summed E-state index contributed by atoms with van der Waals surface area (Å²) in [5, 5.41) is 6.97. The Morgan fingerprint density at radius 1 is 1.47 bits per heavy atom. The van der Waals surface area contributed by atoms with E-state index < -0.39 is 0 Å². The average Bonchev–Trinajstić information content (AvgIpc) is 2.97. The van der Waals surface area contributed by atoms with Crippen LogP contribution in [0.1, 0.15) is 61.6 Å². The Hall–Kier alpha value is -1.52. The van der Waals surface area contributed by atoms with Crippen LogP contribution in [0.2, 0.25) is 0 Å². The number of aromatic nitrogens is 2. The minimum Gasteiger partial charge on any atom is -0.395 e. The summed E-state index contributed by atoms with van der Waals surface area (Å²) in [7, 11) is 1.84. The van der Waals surface area contributed by atoms with Gasteiger partial charge in [0.2, 0.25) is 0 Å². The van der Waals surface area contributed by atoms with E-state index in [1.165, 1.54) is 25.7 Å². The van der Waals surface area contributed by atoms with Gasteiger partial charge in [0, 0.05) is 13.6 Å². The predicted octanol–water partition coefficient (Wildman–Crippen LogP) is 2.38. The Balaban J connectivity index is 2.06. The molecule has 1 aromatic rings. The molecule has 0 unspecified atom stereocenters. The molecule has 0 aromatic carbocycles. The van der Waals surface area contributed by atoms with Crippen LogP contribution in [0.15, 0.2) is 0 Å². The zero-order valence-electron chi connectivity index (χ0n) is 12.1. The van der Waals surface area contributed by atoms with Gasteiger partial charge in [-0.3, -0.25) is 9.89 Å². The molecule has 19 heavy (non-hydrogen) atoms. The topological polar surface area (TPSA) is 75.0 Å². The summed E-state index contributed by atoms with van der Waals surface area (Å²) in [6.45, 7) is 4.86. The summed E-state index contributed by atoms with van der Waals surface area (Å²) in [5.41, 5.74) is 7.72. The molecule has 0 atom stereocenters. The van der Waals surface area contributed by atoms with E-state index in [2.05, 4.69) is 10.2 Å². The molecule has 0 bridgehead atoms. The van der Waals surface area contributed by atoms with Crippen LogP contribution < -0.4 is 5.73 Å². The molecule has 1 saturated carbocycles. The fourth-order valence-electron chi connectivity index (χ4n) is 2.81. The van der Waals surface area contributed by atoms with Crippen LogP contribution >= 0.6 is 0 Å². The van der Waals surface area contributed by atoms with Crippen LogP contribution in [0, 0.1) is 5.92 Å². The summed E-state index contributed by atoms with van der Waals surface area (Å²) in [6.07, 6.45) is 5.03. The second-order valence-electron chi connectivity index (χ2n) is 5.89. The molecule has 1 aliphatic carbocycles. The highest BCUT2D eigenvalue weighted by Crippen LogP contribution is 2.27. The van der Waals surface area contributed by atoms with Crippen molar-refractivity contribution in [2.45, 2.75) is 45.4 Å². The lowest BCUT2D eigenvalue weighted by atomic mass is 10.1. The fourth-order valence-corrected chi connectivity index (χ4v) is 2.81. The summed E-state index contributed by atoms with van der Waals surface area (Å²) >= 11 is 0. The summed E-state index contributed by atoms with van der Waals surface area (Å²) < 4.78 is 0. The minimum absolute atomic E-state index is 0.0763. The average molecular weight is 264 g/mol. The van der Waals surface area contributed by atoms with Crippen molar-refractivity contribution in [2.75, 3.05) is 19.3 Å². The zero-order chi connectivity index (χ0) is 14.0. The van der Waals surface area contributed by atoms with Crippen LogP contribution in [0.25, 0.3) is 0 Å². The molecule has 3 N–H and O–H groups in total. The van der Waals surface area contributed by atoms with Gasteiger partial charge in [0.05, 0.1) is 11.4 Å². The van der Waals surface area contributed by atoms with Crippen molar-refractivity contribution in [3.8, 4) is 0 Å². The molecule has 1 fully saturated rings. The number of hydrogen-bond donors (Lipinski definition) is 2. The fraction of sp³-hybridized carbons (Fsp3) is 0.714. The molecular formula is C14H24N4O. The van der Waals surface area contributed by atoms with Crippen LogP contribution in [0.4, 0.5) is 5.69 Å². The Morgan fingerprint density at radius 3 is 2.63 bits per heavy atom. The maximum absolute atomic E-state index is 12.4. The van der Waals surface area contributed by atoms with E-state index in [1.807, 2.05) is 20.9 Å². The largest absolute Gasteiger partial charge is 0.395 e. The molecule has 1 amide bonds. The molecule has 0 spiro atoms. The standard InChI is InChI=1S/C14H24N4O/c1-9(2)12-11(15)13(17-16-12)14(19)18(3)8-10-6-4-5-7-10/h9-10H,4-8,15H2,1-3H3,(H,16,17). The number of carbonyl (C=O) groups is 1. The van der Waals surface area contributed by atoms with Gasteiger partial charge in [-0.25, -0.2) is 0 Å². The maximum atomic E-state index is 12.4. The van der Waals surface area contributed by atoms with Crippen molar-refractivity contribution in [1.29, 1.82) is 0 Å². The molecule has 0 aliphatic heterocycles. The minimum atomic E-state index is -0.0763. The number of hydrogen-bond acceptors (Lipinski definition) is 3. The van der Waals surface area contributed by atoms with E-state index in [0.717, 1.165) is 12.2 Å². The zero-order valence-corrected chi connectivity index (χ0v) is 12.1. The lowest BCUT2D eigenvalue weighted by Gasteiger charge is -2.20. The van der Waals surface area contributed by atoms with Crippen LogP contribution in [0.3, 0.4) is 0 Å². The number of rotatable bonds is 4. The highest BCUT2D eigenvalue weighted by molar-refractivity contribution is 5.97. The first-order chi connectivity index (χ1) is 9.00. The molecule has 0 radical (unpaired) electrons. The molecule has 2 rings (SSSR count). The number of anilines is 1. The Kier molecular flexibility index (Phi) is 4.12. The van der Waals surface area contributed by atoms with E-state index >= 15 is 0 Å². The van der Waals surface area contributed by atoms with Crippen molar-refractivity contribution in [3.63, 3.8) is 0 Å². The number of carbonyl (C=O) groups excluding carboxylic acids is 1. The van der Waals surface area contributed by atoms with E-state index in [1.54, 1.807) is 4.90 Å².